The molecule has 0 spiro atoms. The highest BCUT2D eigenvalue weighted by molar-refractivity contribution is 5.61. The van der Waals surface area contributed by atoms with Crippen LogP contribution < -0.4 is 5.73 Å². The van der Waals surface area contributed by atoms with E-state index in [1.807, 2.05) is 13.8 Å². The van der Waals surface area contributed by atoms with Crippen molar-refractivity contribution in [2.24, 2.45) is 5.73 Å². The summed E-state index contributed by atoms with van der Waals surface area (Å²) in [5, 5.41) is 0. The fourth-order valence-electron chi connectivity index (χ4n) is 1.67. The highest BCUT2D eigenvalue weighted by Gasteiger charge is 2.16. The van der Waals surface area contributed by atoms with Gasteiger partial charge in [0, 0.05) is 11.5 Å². The van der Waals surface area contributed by atoms with Gasteiger partial charge in [-0.25, -0.2) is 9.37 Å². The number of aromatic nitrogens is 1. The van der Waals surface area contributed by atoms with Crippen molar-refractivity contribution in [1.29, 1.82) is 0 Å². The first-order valence-electron chi connectivity index (χ1n) is 5.57. The fourth-order valence-corrected chi connectivity index (χ4v) is 1.67. The van der Waals surface area contributed by atoms with Gasteiger partial charge in [-0.05, 0) is 24.3 Å². The third-order valence-corrected chi connectivity index (χ3v) is 2.51. The van der Waals surface area contributed by atoms with Gasteiger partial charge in [0.25, 0.3) is 0 Å². The molecule has 2 N–H and O–H groups in total. The van der Waals surface area contributed by atoms with Crippen LogP contribution >= 0.6 is 0 Å². The minimum Gasteiger partial charge on any atom is -0.443 e. The summed E-state index contributed by atoms with van der Waals surface area (Å²) in [5.41, 5.74) is 7.11. The van der Waals surface area contributed by atoms with Crippen molar-refractivity contribution in [3.05, 3.63) is 41.7 Å². The van der Waals surface area contributed by atoms with Gasteiger partial charge >= 0.3 is 0 Å². The van der Waals surface area contributed by atoms with Crippen LogP contribution in [-0.2, 0) is 6.54 Å². The molecule has 17 heavy (non-hydrogen) atoms. The average Bonchev–Trinajstić information content (AvgIpc) is 2.74. The third kappa shape index (κ3) is 2.36. The van der Waals surface area contributed by atoms with Crippen molar-refractivity contribution in [3.63, 3.8) is 0 Å². The molecule has 1 aromatic carbocycles. The molecule has 2 aromatic rings. The molecule has 0 saturated carbocycles. The average molecular weight is 234 g/mol. The van der Waals surface area contributed by atoms with Crippen LogP contribution in [0, 0.1) is 5.82 Å². The smallest absolute Gasteiger partial charge is 0.208 e. The molecule has 0 aliphatic carbocycles. The standard InChI is InChI=1S/C13H15FN2O/c1-8(2)13-12(16-11(7-15)17-13)9-3-5-10(14)6-4-9/h3-6,8H,7,15H2,1-2H3. The highest BCUT2D eigenvalue weighted by atomic mass is 19.1. The maximum atomic E-state index is 12.9. The molecule has 0 fully saturated rings. The maximum absolute atomic E-state index is 12.9. The van der Waals surface area contributed by atoms with Crippen LogP contribution in [0.2, 0.25) is 0 Å². The fraction of sp³-hybridized carbons (Fsp3) is 0.308. The highest BCUT2D eigenvalue weighted by Crippen LogP contribution is 2.29. The van der Waals surface area contributed by atoms with Crippen LogP contribution in [0.1, 0.15) is 31.4 Å². The van der Waals surface area contributed by atoms with Gasteiger partial charge in [-0.15, -0.1) is 0 Å². The molecule has 4 heteroatoms. The normalized spacial score (nSPS) is 11.1. The Bertz CT molecular complexity index is 503. The van der Waals surface area contributed by atoms with Crippen molar-refractivity contribution < 1.29 is 8.81 Å². The number of nitrogens with two attached hydrogens (primary N) is 1. The summed E-state index contributed by atoms with van der Waals surface area (Å²) in [6.45, 7) is 4.31. The number of nitrogens with zero attached hydrogens (tertiary/aromatic N) is 1. The minimum atomic E-state index is -0.262. The van der Waals surface area contributed by atoms with Crippen molar-refractivity contribution in [3.8, 4) is 11.3 Å². The number of hydrogen-bond donors (Lipinski definition) is 1. The van der Waals surface area contributed by atoms with E-state index < -0.39 is 0 Å². The third-order valence-electron chi connectivity index (χ3n) is 2.51. The van der Waals surface area contributed by atoms with Gasteiger partial charge in [-0.2, -0.15) is 0 Å². The molecule has 0 atom stereocenters. The Balaban J connectivity index is 2.49. The molecule has 0 aliphatic rings. The summed E-state index contributed by atoms with van der Waals surface area (Å²) < 4.78 is 18.4. The predicted octanol–water partition coefficient (Wildman–Crippen LogP) is 3.06. The van der Waals surface area contributed by atoms with E-state index in [0.717, 1.165) is 17.0 Å². The first kappa shape index (κ1) is 11.8. The summed E-state index contributed by atoms with van der Waals surface area (Å²) in [7, 11) is 0. The second-order valence-electron chi connectivity index (χ2n) is 4.19. The van der Waals surface area contributed by atoms with Gasteiger partial charge < -0.3 is 10.2 Å². The molecule has 0 unspecified atom stereocenters. The van der Waals surface area contributed by atoms with E-state index in [4.69, 9.17) is 10.2 Å². The van der Waals surface area contributed by atoms with E-state index in [2.05, 4.69) is 4.98 Å². The van der Waals surface area contributed by atoms with Crippen molar-refractivity contribution in [2.75, 3.05) is 0 Å². The lowest BCUT2D eigenvalue weighted by Gasteiger charge is -2.03. The molecule has 2 rings (SSSR count). The minimum absolute atomic E-state index is 0.211. The molecule has 0 bridgehead atoms. The Morgan fingerprint density at radius 1 is 1.29 bits per heavy atom. The summed E-state index contributed by atoms with van der Waals surface area (Å²) in [6, 6.07) is 6.21. The molecule has 90 valence electrons. The van der Waals surface area contributed by atoms with Gasteiger partial charge in [0.05, 0.1) is 6.54 Å². The van der Waals surface area contributed by atoms with E-state index in [1.54, 1.807) is 12.1 Å². The molecule has 1 aromatic heterocycles. The van der Waals surface area contributed by atoms with E-state index >= 15 is 0 Å². The quantitative estimate of drug-likeness (QED) is 0.887. The molecule has 1 heterocycles. The topological polar surface area (TPSA) is 52.0 Å². The van der Waals surface area contributed by atoms with Crippen LogP contribution in [0.15, 0.2) is 28.7 Å². The number of oxazole rings is 1. The van der Waals surface area contributed by atoms with Crippen LogP contribution in [0.3, 0.4) is 0 Å². The summed E-state index contributed by atoms with van der Waals surface area (Å²) in [5.74, 6) is 1.25. The number of hydrogen-bond acceptors (Lipinski definition) is 3. The second kappa shape index (κ2) is 4.67. The zero-order chi connectivity index (χ0) is 12.4. The van der Waals surface area contributed by atoms with Crippen molar-refractivity contribution >= 4 is 0 Å². The van der Waals surface area contributed by atoms with Crippen LogP contribution in [0.25, 0.3) is 11.3 Å². The molecule has 0 amide bonds. The molecule has 0 radical (unpaired) electrons. The Morgan fingerprint density at radius 2 is 1.94 bits per heavy atom. The van der Waals surface area contributed by atoms with Gasteiger partial charge in [0.1, 0.15) is 17.3 Å². The Hall–Kier alpha value is -1.68. The zero-order valence-corrected chi connectivity index (χ0v) is 9.90. The van der Waals surface area contributed by atoms with E-state index in [1.165, 1.54) is 12.1 Å². The summed E-state index contributed by atoms with van der Waals surface area (Å²) in [4.78, 5) is 4.34. The number of rotatable bonds is 3. The van der Waals surface area contributed by atoms with Crippen LogP contribution in [0.5, 0.6) is 0 Å². The van der Waals surface area contributed by atoms with E-state index in [9.17, 15) is 4.39 Å². The lowest BCUT2D eigenvalue weighted by atomic mass is 10.0. The lowest BCUT2D eigenvalue weighted by molar-refractivity contribution is 0.441. The molecule has 0 aliphatic heterocycles. The van der Waals surface area contributed by atoms with Gasteiger partial charge in [0.2, 0.25) is 5.89 Å². The second-order valence-corrected chi connectivity index (χ2v) is 4.19. The summed E-state index contributed by atoms with van der Waals surface area (Å²) in [6.07, 6.45) is 0. The summed E-state index contributed by atoms with van der Waals surface area (Å²) >= 11 is 0. The Kier molecular flexibility index (Phi) is 3.24. The first-order valence-corrected chi connectivity index (χ1v) is 5.57. The van der Waals surface area contributed by atoms with Crippen LogP contribution in [0.4, 0.5) is 4.39 Å². The van der Waals surface area contributed by atoms with Crippen LogP contribution in [-0.4, -0.2) is 4.98 Å². The lowest BCUT2D eigenvalue weighted by Crippen LogP contribution is -1.95. The van der Waals surface area contributed by atoms with E-state index in [0.29, 0.717) is 5.89 Å². The van der Waals surface area contributed by atoms with Gasteiger partial charge in [0.15, 0.2) is 0 Å². The van der Waals surface area contributed by atoms with Crippen molar-refractivity contribution in [1.82, 2.24) is 4.98 Å². The Labute approximate surface area is 99.5 Å². The predicted molar refractivity (Wildman–Crippen MR) is 63.9 cm³/mol. The monoisotopic (exact) mass is 234 g/mol. The molecule has 3 nitrogen and oxygen atoms in total. The molecular weight excluding hydrogens is 219 g/mol. The van der Waals surface area contributed by atoms with Gasteiger partial charge in [-0.3, -0.25) is 0 Å². The SMILES string of the molecule is CC(C)c1oc(CN)nc1-c1ccc(F)cc1. The largest absolute Gasteiger partial charge is 0.443 e. The number of halogens is 1. The van der Waals surface area contributed by atoms with Crippen molar-refractivity contribution in [2.45, 2.75) is 26.3 Å². The zero-order valence-electron chi connectivity index (χ0n) is 9.90. The Morgan fingerprint density at radius 3 is 2.47 bits per heavy atom. The first-order chi connectivity index (χ1) is 8.11. The molecular formula is C13H15FN2O. The molecule has 0 saturated heterocycles. The van der Waals surface area contributed by atoms with E-state index in [-0.39, 0.29) is 18.3 Å². The maximum Gasteiger partial charge on any atom is 0.208 e. The van der Waals surface area contributed by atoms with Gasteiger partial charge in [-0.1, -0.05) is 13.8 Å². The number of benzene rings is 1.